The summed E-state index contributed by atoms with van der Waals surface area (Å²) in [5.41, 5.74) is 6.23. The van der Waals surface area contributed by atoms with Crippen LogP contribution in [-0.2, 0) is 10.8 Å². The number of thioether (sulfide) groups is 2. The smallest absolute Gasteiger partial charge is 0.0110 e. The zero-order chi connectivity index (χ0) is 18.4. The first-order valence-electron chi connectivity index (χ1n) is 9.58. The zero-order valence-electron chi connectivity index (χ0n) is 16.3. The Kier molecular flexibility index (Phi) is 4.77. The molecule has 136 valence electrons. The highest BCUT2D eigenvalue weighted by Gasteiger charge is 2.28. The standard InChI is InChI=1S/C24H28S2/c1-23(2)11-13-25-21-9-7-17(15-19(21)23)5-6-18-8-10-22-20(16-18)24(3,4)12-14-26-22/h5-10,15-16H,11-14H2,1-4H3. The van der Waals surface area contributed by atoms with Gasteiger partial charge in [0.2, 0.25) is 0 Å². The van der Waals surface area contributed by atoms with Crippen LogP contribution in [-0.4, -0.2) is 11.5 Å². The lowest BCUT2D eigenvalue weighted by atomic mass is 9.81. The van der Waals surface area contributed by atoms with E-state index in [0.717, 1.165) is 0 Å². The molecule has 0 aromatic heterocycles. The predicted molar refractivity (Wildman–Crippen MR) is 119 cm³/mol. The van der Waals surface area contributed by atoms with Gasteiger partial charge in [0.25, 0.3) is 0 Å². The average Bonchev–Trinajstić information content (AvgIpc) is 2.60. The third-order valence-electron chi connectivity index (χ3n) is 5.90. The molecule has 0 N–H and O–H groups in total. The van der Waals surface area contributed by atoms with Gasteiger partial charge in [-0.2, -0.15) is 0 Å². The summed E-state index contributed by atoms with van der Waals surface area (Å²) in [6.07, 6.45) is 7.07. The number of hydrogen-bond donors (Lipinski definition) is 0. The van der Waals surface area contributed by atoms with E-state index in [1.54, 1.807) is 0 Å². The second-order valence-electron chi connectivity index (χ2n) is 8.81. The van der Waals surface area contributed by atoms with Gasteiger partial charge in [-0.25, -0.2) is 0 Å². The lowest BCUT2D eigenvalue weighted by Gasteiger charge is -2.32. The lowest BCUT2D eigenvalue weighted by Crippen LogP contribution is -2.22. The molecule has 2 aromatic rings. The second kappa shape index (κ2) is 6.80. The molecule has 0 aliphatic carbocycles. The van der Waals surface area contributed by atoms with Gasteiger partial charge in [-0.15, -0.1) is 23.5 Å². The molecule has 0 radical (unpaired) electrons. The second-order valence-corrected chi connectivity index (χ2v) is 11.1. The summed E-state index contributed by atoms with van der Waals surface area (Å²) in [7, 11) is 0. The van der Waals surface area contributed by atoms with Crippen molar-refractivity contribution in [2.45, 2.75) is 61.2 Å². The first kappa shape index (κ1) is 18.3. The third-order valence-corrected chi connectivity index (χ3v) is 8.05. The van der Waals surface area contributed by atoms with Crippen molar-refractivity contribution in [1.29, 1.82) is 0 Å². The van der Waals surface area contributed by atoms with Crippen LogP contribution < -0.4 is 0 Å². The summed E-state index contributed by atoms with van der Waals surface area (Å²) in [4.78, 5) is 2.93. The molecule has 26 heavy (non-hydrogen) atoms. The summed E-state index contributed by atoms with van der Waals surface area (Å²) < 4.78 is 0. The van der Waals surface area contributed by atoms with E-state index in [4.69, 9.17) is 0 Å². The number of rotatable bonds is 2. The maximum atomic E-state index is 2.40. The first-order chi connectivity index (χ1) is 12.4. The van der Waals surface area contributed by atoms with Gasteiger partial charge < -0.3 is 0 Å². The molecule has 2 heteroatoms. The Balaban J connectivity index is 1.63. The molecule has 0 bridgehead atoms. The summed E-state index contributed by atoms with van der Waals surface area (Å²) in [5, 5.41) is 0. The fourth-order valence-electron chi connectivity index (χ4n) is 3.91. The molecule has 0 saturated carbocycles. The van der Waals surface area contributed by atoms with Crippen LogP contribution >= 0.6 is 23.5 Å². The molecular formula is C24H28S2. The van der Waals surface area contributed by atoms with Crippen molar-refractivity contribution in [3.63, 3.8) is 0 Å². The number of benzene rings is 2. The fraction of sp³-hybridized carbons (Fsp3) is 0.417. The van der Waals surface area contributed by atoms with E-state index < -0.39 is 0 Å². The summed E-state index contributed by atoms with van der Waals surface area (Å²) >= 11 is 4.01. The Morgan fingerprint density at radius 2 is 1.12 bits per heavy atom. The van der Waals surface area contributed by atoms with Gasteiger partial charge in [0.05, 0.1) is 0 Å². The van der Waals surface area contributed by atoms with Gasteiger partial charge in [0.1, 0.15) is 0 Å². The normalized spacial score (nSPS) is 20.6. The van der Waals surface area contributed by atoms with Crippen molar-refractivity contribution in [3.8, 4) is 0 Å². The SMILES string of the molecule is CC1(C)CCSc2ccc(C=Cc3ccc4c(c3)C(C)(C)CCS4)cc21. The fourth-order valence-corrected chi connectivity index (χ4v) is 6.88. The minimum Gasteiger partial charge on any atom is -0.126 e. The molecular weight excluding hydrogens is 352 g/mol. The highest BCUT2D eigenvalue weighted by atomic mass is 32.2. The van der Waals surface area contributed by atoms with Gasteiger partial charge in [0, 0.05) is 9.79 Å². The van der Waals surface area contributed by atoms with Gasteiger partial charge in [-0.1, -0.05) is 64.1 Å². The Bertz CT molecular complexity index is 787. The van der Waals surface area contributed by atoms with Gasteiger partial charge >= 0.3 is 0 Å². The van der Waals surface area contributed by atoms with Crippen molar-refractivity contribution >= 4 is 35.7 Å². The molecule has 2 aliphatic rings. The Morgan fingerprint density at radius 1 is 0.692 bits per heavy atom. The zero-order valence-corrected chi connectivity index (χ0v) is 17.9. The quantitative estimate of drug-likeness (QED) is 0.498. The van der Waals surface area contributed by atoms with E-state index in [2.05, 4.69) is 76.2 Å². The molecule has 0 saturated heterocycles. The van der Waals surface area contributed by atoms with Crippen molar-refractivity contribution < 1.29 is 0 Å². The summed E-state index contributed by atoms with van der Waals surface area (Å²) in [5.74, 6) is 2.47. The van der Waals surface area contributed by atoms with Crippen molar-refractivity contribution in [3.05, 3.63) is 58.7 Å². The van der Waals surface area contributed by atoms with Crippen LogP contribution in [0.15, 0.2) is 46.2 Å². The van der Waals surface area contributed by atoms with E-state index in [0.29, 0.717) is 0 Å². The molecule has 0 unspecified atom stereocenters. The minimum atomic E-state index is 0.289. The van der Waals surface area contributed by atoms with Gasteiger partial charge in [-0.3, -0.25) is 0 Å². The van der Waals surface area contributed by atoms with Crippen LogP contribution in [0.2, 0.25) is 0 Å². The largest absolute Gasteiger partial charge is 0.126 e. The van der Waals surface area contributed by atoms with E-state index >= 15 is 0 Å². The predicted octanol–water partition coefficient (Wildman–Crippen LogP) is 7.40. The first-order valence-corrected chi connectivity index (χ1v) is 11.6. The molecule has 0 spiro atoms. The maximum absolute atomic E-state index is 2.40. The molecule has 0 atom stereocenters. The van der Waals surface area contributed by atoms with Crippen molar-refractivity contribution in [2.24, 2.45) is 0 Å². The van der Waals surface area contributed by atoms with Crippen LogP contribution in [0.3, 0.4) is 0 Å². The van der Waals surface area contributed by atoms with Crippen LogP contribution in [0.25, 0.3) is 12.2 Å². The summed E-state index contributed by atoms with van der Waals surface area (Å²) in [6, 6.07) is 14.0. The van der Waals surface area contributed by atoms with Crippen LogP contribution in [0.5, 0.6) is 0 Å². The molecule has 2 aromatic carbocycles. The third kappa shape index (κ3) is 3.51. The molecule has 2 aliphatic heterocycles. The monoisotopic (exact) mass is 380 g/mol. The van der Waals surface area contributed by atoms with E-state index in [9.17, 15) is 0 Å². The van der Waals surface area contributed by atoms with Crippen LogP contribution in [0, 0.1) is 0 Å². The van der Waals surface area contributed by atoms with E-state index in [1.807, 2.05) is 23.5 Å². The maximum Gasteiger partial charge on any atom is 0.0110 e. The summed E-state index contributed by atoms with van der Waals surface area (Å²) in [6.45, 7) is 9.51. The highest BCUT2D eigenvalue weighted by Crippen LogP contribution is 2.43. The Hall–Kier alpha value is -1.12. The van der Waals surface area contributed by atoms with Crippen molar-refractivity contribution in [2.75, 3.05) is 11.5 Å². The molecule has 0 nitrogen and oxygen atoms in total. The minimum absolute atomic E-state index is 0.289. The van der Waals surface area contributed by atoms with Crippen molar-refractivity contribution in [1.82, 2.24) is 0 Å². The van der Waals surface area contributed by atoms with E-state index in [1.165, 1.54) is 56.4 Å². The lowest BCUT2D eigenvalue weighted by molar-refractivity contribution is 0.494. The number of hydrogen-bond acceptors (Lipinski definition) is 2. The van der Waals surface area contributed by atoms with Crippen LogP contribution in [0.1, 0.15) is 62.8 Å². The van der Waals surface area contributed by atoms with Crippen LogP contribution in [0.4, 0.5) is 0 Å². The molecule has 2 heterocycles. The van der Waals surface area contributed by atoms with Gasteiger partial charge in [-0.05, 0) is 69.6 Å². The van der Waals surface area contributed by atoms with E-state index in [-0.39, 0.29) is 10.8 Å². The molecule has 0 amide bonds. The molecule has 0 fully saturated rings. The Morgan fingerprint density at radius 3 is 1.54 bits per heavy atom. The average molecular weight is 381 g/mol. The Labute approximate surface area is 166 Å². The van der Waals surface area contributed by atoms with Gasteiger partial charge in [0.15, 0.2) is 0 Å². The highest BCUT2D eigenvalue weighted by molar-refractivity contribution is 7.99. The topological polar surface area (TPSA) is 0 Å². The molecule has 4 rings (SSSR count). The number of fused-ring (bicyclic) bond motifs is 2.